The zero-order valence-electron chi connectivity index (χ0n) is 10.5. The molecule has 18 heavy (non-hydrogen) atoms. The van der Waals surface area contributed by atoms with Gasteiger partial charge in [-0.25, -0.2) is 0 Å². The van der Waals surface area contributed by atoms with Crippen LogP contribution in [-0.4, -0.2) is 40.7 Å². The van der Waals surface area contributed by atoms with Crippen LogP contribution >= 0.6 is 0 Å². The Bertz CT molecular complexity index is 361. The molecule has 0 fully saturated rings. The molecular weight excluding hydrogens is 232 g/mol. The number of rotatable bonds is 7. The number of ether oxygens (including phenoxy) is 1. The molecule has 2 atom stereocenters. The molecule has 0 amide bonds. The second kappa shape index (κ2) is 8.00. The smallest absolute Gasteiger partial charge is 0.107 e. The van der Waals surface area contributed by atoms with Crippen LogP contribution in [0.15, 0.2) is 42.0 Å². The van der Waals surface area contributed by atoms with Gasteiger partial charge in [-0.2, -0.15) is 0 Å². The van der Waals surface area contributed by atoms with Gasteiger partial charge in [0.1, 0.15) is 12.2 Å². The second-order valence-electron chi connectivity index (χ2n) is 4.23. The lowest BCUT2D eigenvalue weighted by Gasteiger charge is -2.15. The molecule has 0 aromatic heterocycles. The van der Waals surface area contributed by atoms with Crippen molar-refractivity contribution in [2.75, 3.05) is 13.2 Å². The summed E-state index contributed by atoms with van der Waals surface area (Å²) in [5.74, 6) is 0. The molecule has 0 bridgehead atoms. The normalized spacial score (nSPS) is 15.4. The fraction of sp³-hybridized carbons (Fsp3) is 0.429. The lowest BCUT2D eigenvalue weighted by atomic mass is 10.1. The Kier molecular flexibility index (Phi) is 6.60. The van der Waals surface area contributed by atoms with E-state index in [1.54, 1.807) is 6.92 Å². The van der Waals surface area contributed by atoms with Gasteiger partial charge in [0, 0.05) is 0 Å². The van der Waals surface area contributed by atoms with E-state index in [1.165, 1.54) is 6.08 Å². The fourth-order valence-corrected chi connectivity index (χ4v) is 1.43. The van der Waals surface area contributed by atoms with E-state index in [4.69, 9.17) is 9.84 Å². The van der Waals surface area contributed by atoms with Crippen molar-refractivity contribution in [1.29, 1.82) is 0 Å². The van der Waals surface area contributed by atoms with Crippen LogP contribution in [0, 0.1) is 0 Å². The van der Waals surface area contributed by atoms with Gasteiger partial charge in [-0.05, 0) is 18.1 Å². The van der Waals surface area contributed by atoms with Crippen LogP contribution in [0.4, 0.5) is 0 Å². The summed E-state index contributed by atoms with van der Waals surface area (Å²) in [5.41, 5.74) is 1.63. The van der Waals surface area contributed by atoms with E-state index in [2.05, 4.69) is 0 Å². The van der Waals surface area contributed by atoms with Crippen molar-refractivity contribution in [3.05, 3.63) is 47.5 Å². The number of hydrogen-bond donors (Lipinski definition) is 3. The third kappa shape index (κ3) is 5.42. The van der Waals surface area contributed by atoms with Crippen LogP contribution in [0.2, 0.25) is 0 Å². The van der Waals surface area contributed by atoms with Crippen LogP contribution in [0.1, 0.15) is 12.5 Å². The Morgan fingerprint density at radius 3 is 2.56 bits per heavy atom. The van der Waals surface area contributed by atoms with Crippen molar-refractivity contribution >= 4 is 0 Å². The minimum Gasteiger partial charge on any atom is -0.392 e. The van der Waals surface area contributed by atoms with Gasteiger partial charge in [0.05, 0.1) is 19.8 Å². The molecule has 0 spiro atoms. The minimum absolute atomic E-state index is 0.0469. The Labute approximate surface area is 107 Å². The van der Waals surface area contributed by atoms with E-state index in [0.717, 1.165) is 5.56 Å². The first-order valence-electron chi connectivity index (χ1n) is 5.89. The van der Waals surface area contributed by atoms with Gasteiger partial charge in [-0.15, -0.1) is 0 Å². The monoisotopic (exact) mass is 252 g/mol. The van der Waals surface area contributed by atoms with Crippen molar-refractivity contribution in [3.8, 4) is 0 Å². The highest BCUT2D eigenvalue weighted by atomic mass is 16.5. The molecule has 0 saturated heterocycles. The molecule has 0 aliphatic rings. The summed E-state index contributed by atoms with van der Waals surface area (Å²) in [6.45, 7) is 1.99. The molecule has 100 valence electrons. The fourth-order valence-electron chi connectivity index (χ4n) is 1.43. The molecule has 4 nitrogen and oxygen atoms in total. The van der Waals surface area contributed by atoms with Crippen molar-refractivity contribution < 1.29 is 20.1 Å². The van der Waals surface area contributed by atoms with E-state index in [9.17, 15) is 10.2 Å². The lowest BCUT2D eigenvalue weighted by Crippen LogP contribution is -2.29. The molecule has 0 radical (unpaired) electrons. The van der Waals surface area contributed by atoms with Crippen LogP contribution in [0.3, 0.4) is 0 Å². The summed E-state index contributed by atoms with van der Waals surface area (Å²) >= 11 is 0. The quantitative estimate of drug-likeness (QED) is 0.630. The largest absolute Gasteiger partial charge is 0.392 e. The van der Waals surface area contributed by atoms with Gasteiger partial charge in [0.2, 0.25) is 0 Å². The predicted octanol–water partition coefficient (Wildman–Crippen LogP) is 0.864. The van der Waals surface area contributed by atoms with E-state index in [0.29, 0.717) is 12.2 Å². The van der Waals surface area contributed by atoms with E-state index in [1.807, 2.05) is 30.3 Å². The number of aliphatic hydroxyl groups is 3. The molecule has 4 heteroatoms. The first-order chi connectivity index (χ1) is 8.63. The maximum Gasteiger partial charge on any atom is 0.107 e. The van der Waals surface area contributed by atoms with Gasteiger partial charge in [-0.1, -0.05) is 36.4 Å². The molecule has 1 rings (SSSR count). The summed E-state index contributed by atoms with van der Waals surface area (Å²) in [7, 11) is 0. The van der Waals surface area contributed by atoms with E-state index in [-0.39, 0.29) is 13.2 Å². The molecular formula is C14H20O4. The molecule has 0 heterocycles. The lowest BCUT2D eigenvalue weighted by molar-refractivity contribution is -0.0251. The van der Waals surface area contributed by atoms with Crippen molar-refractivity contribution in [2.45, 2.75) is 25.7 Å². The van der Waals surface area contributed by atoms with Gasteiger partial charge in [0.15, 0.2) is 0 Å². The maximum absolute atomic E-state index is 9.64. The van der Waals surface area contributed by atoms with Crippen LogP contribution in [-0.2, 0) is 11.3 Å². The van der Waals surface area contributed by atoms with Crippen LogP contribution in [0.25, 0.3) is 0 Å². The first kappa shape index (κ1) is 14.9. The number of hydrogen-bond acceptors (Lipinski definition) is 4. The van der Waals surface area contributed by atoms with Crippen molar-refractivity contribution in [3.63, 3.8) is 0 Å². The first-order valence-corrected chi connectivity index (χ1v) is 5.89. The van der Waals surface area contributed by atoms with Crippen molar-refractivity contribution in [1.82, 2.24) is 0 Å². The zero-order valence-corrected chi connectivity index (χ0v) is 10.5. The standard InChI is InChI=1S/C14H20O4/c1-11(8-15)7-13(16)14(17)10-18-9-12-5-3-2-4-6-12/h2-7,13-17H,8-10H2,1H3/b11-7+/t13-,14-/m0/s1. The molecule has 0 unspecified atom stereocenters. The Morgan fingerprint density at radius 1 is 1.28 bits per heavy atom. The number of aliphatic hydroxyl groups excluding tert-OH is 3. The third-order valence-corrected chi connectivity index (χ3v) is 2.50. The molecule has 1 aromatic rings. The predicted molar refractivity (Wildman–Crippen MR) is 69.0 cm³/mol. The number of benzene rings is 1. The summed E-state index contributed by atoms with van der Waals surface area (Å²) in [6, 6.07) is 9.61. The Morgan fingerprint density at radius 2 is 1.94 bits per heavy atom. The molecule has 1 aromatic carbocycles. The average molecular weight is 252 g/mol. The third-order valence-electron chi connectivity index (χ3n) is 2.50. The summed E-state index contributed by atoms with van der Waals surface area (Å²) < 4.78 is 5.32. The molecule has 0 aliphatic carbocycles. The van der Waals surface area contributed by atoms with E-state index >= 15 is 0 Å². The SMILES string of the molecule is C/C(=C\[C@H](O)[C@@H](O)COCc1ccccc1)CO. The minimum atomic E-state index is -1.02. The highest BCUT2D eigenvalue weighted by Crippen LogP contribution is 2.04. The van der Waals surface area contributed by atoms with Gasteiger partial charge in [0.25, 0.3) is 0 Å². The topological polar surface area (TPSA) is 69.9 Å². The van der Waals surface area contributed by atoms with Gasteiger partial charge >= 0.3 is 0 Å². The summed E-state index contributed by atoms with van der Waals surface area (Å²) in [5, 5.41) is 28.0. The Hall–Kier alpha value is -1.20. The van der Waals surface area contributed by atoms with Crippen LogP contribution in [0.5, 0.6) is 0 Å². The second-order valence-corrected chi connectivity index (χ2v) is 4.23. The maximum atomic E-state index is 9.64. The summed E-state index contributed by atoms with van der Waals surface area (Å²) in [6.07, 6.45) is -0.584. The van der Waals surface area contributed by atoms with Crippen molar-refractivity contribution in [2.24, 2.45) is 0 Å². The van der Waals surface area contributed by atoms with E-state index < -0.39 is 12.2 Å². The Balaban J connectivity index is 2.31. The molecule has 0 saturated carbocycles. The van der Waals surface area contributed by atoms with Gasteiger partial charge in [-0.3, -0.25) is 0 Å². The highest BCUT2D eigenvalue weighted by Gasteiger charge is 2.14. The van der Waals surface area contributed by atoms with Gasteiger partial charge < -0.3 is 20.1 Å². The summed E-state index contributed by atoms with van der Waals surface area (Å²) in [4.78, 5) is 0. The zero-order chi connectivity index (χ0) is 13.4. The molecule has 3 N–H and O–H groups in total. The highest BCUT2D eigenvalue weighted by molar-refractivity contribution is 5.13. The van der Waals surface area contributed by atoms with Crippen LogP contribution < -0.4 is 0 Å². The average Bonchev–Trinajstić information content (AvgIpc) is 2.39. The molecule has 0 aliphatic heterocycles.